The van der Waals surface area contributed by atoms with E-state index in [4.69, 9.17) is 5.84 Å². The molecule has 0 aliphatic rings. The van der Waals surface area contributed by atoms with Crippen LogP contribution < -0.4 is 11.3 Å². The predicted molar refractivity (Wildman–Crippen MR) is 78.2 cm³/mol. The molecule has 0 aromatic heterocycles. The van der Waals surface area contributed by atoms with E-state index in [0.29, 0.717) is 5.56 Å². The van der Waals surface area contributed by atoms with E-state index in [9.17, 15) is 8.78 Å². The van der Waals surface area contributed by atoms with E-state index in [0.717, 1.165) is 12.8 Å². The fourth-order valence-electron chi connectivity index (χ4n) is 3.00. The molecule has 0 fully saturated rings. The fourth-order valence-corrected chi connectivity index (χ4v) is 3.00. The summed E-state index contributed by atoms with van der Waals surface area (Å²) in [6.07, 6.45) is 1.44. The van der Waals surface area contributed by atoms with Crippen molar-refractivity contribution in [2.24, 2.45) is 5.84 Å². The van der Waals surface area contributed by atoms with Crippen LogP contribution in [0.1, 0.15) is 43.9 Å². The molecule has 0 spiro atoms. The summed E-state index contributed by atoms with van der Waals surface area (Å²) < 4.78 is 28.6. The summed E-state index contributed by atoms with van der Waals surface area (Å²) in [6, 6.07) is 2.12. The van der Waals surface area contributed by atoms with E-state index in [1.165, 1.54) is 12.1 Å². The zero-order valence-corrected chi connectivity index (χ0v) is 12.9. The minimum Gasteiger partial charge on any atom is -0.302 e. The van der Waals surface area contributed by atoms with Crippen LogP contribution in [-0.2, 0) is 0 Å². The van der Waals surface area contributed by atoms with Gasteiger partial charge in [-0.05, 0) is 45.5 Å². The van der Waals surface area contributed by atoms with E-state index in [1.54, 1.807) is 6.92 Å². The fraction of sp³-hybridized carbons (Fsp3) is 0.600. The van der Waals surface area contributed by atoms with Gasteiger partial charge in [0.25, 0.3) is 0 Å². The third-order valence-corrected chi connectivity index (χ3v) is 4.43. The van der Waals surface area contributed by atoms with Crippen LogP contribution in [-0.4, -0.2) is 24.5 Å². The second-order valence-electron chi connectivity index (χ2n) is 5.40. The van der Waals surface area contributed by atoms with Crippen LogP contribution in [0.15, 0.2) is 12.1 Å². The first-order valence-corrected chi connectivity index (χ1v) is 6.93. The van der Waals surface area contributed by atoms with Crippen LogP contribution in [0.25, 0.3) is 0 Å². The first kappa shape index (κ1) is 17.0. The topological polar surface area (TPSA) is 41.3 Å². The van der Waals surface area contributed by atoms with Crippen LogP contribution >= 0.6 is 0 Å². The van der Waals surface area contributed by atoms with Crippen LogP contribution in [0.5, 0.6) is 0 Å². The normalized spacial score (nSPS) is 13.8. The molecular formula is C15H25F2N3. The van der Waals surface area contributed by atoms with Crippen molar-refractivity contribution in [3.05, 3.63) is 34.9 Å². The zero-order valence-electron chi connectivity index (χ0n) is 12.9. The lowest BCUT2D eigenvalue weighted by Crippen LogP contribution is -2.55. The summed E-state index contributed by atoms with van der Waals surface area (Å²) in [5.74, 6) is 4.57. The summed E-state index contributed by atoms with van der Waals surface area (Å²) >= 11 is 0. The number of rotatable bonds is 6. The molecule has 5 heteroatoms. The van der Waals surface area contributed by atoms with Gasteiger partial charge in [0, 0.05) is 11.1 Å². The van der Waals surface area contributed by atoms with Crippen LogP contribution in [0, 0.1) is 18.6 Å². The van der Waals surface area contributed by atoms with Crippen molar-refractivity contribution in [3.63, 3.8) is 0 Å². The molecule has 114 valence electrons. The number of nitrogens with zero attached hydrogens (tertiary/aromatic N) is 1. The van der Waals surface area contributed by atoms with Gasteiger partial charge >= 0.3 is 0 Å². The molecule has 20 heavy (non-hydrogen) atoms. The van der Waals surface area contributed by atoms with E-state index in [1.807, 2.05) is 32.8 Å². The lowest BCUT2D eigenvalue weighted by molar-refractivity contribution is 0.0846. The lowest BCUT2D eigenvalue weighted by Gasteiger charge is -2.45. The van der Waals surface area contributed by atoms with Crippen molar-refractivity contribution >= 4 is 0 Å². The lowest BCUT2D eigenvalue weighted by atomic mass is 9.79. The van der Waals surface area contributed by atoms with Crippen molar-refractivity contribution in [3.8, 4) is 0 Å². The highest BCUT2D eigenvalue weighted by Crippen LogP contribution is 2.38. The van der Waals surface area contributed by atoms with Crippen molar-refractivity contribution in [1.29, 1.82) is 0 Å². The highest BCUT2D eigenvalue weighted by molar-refractivity contribution is 5.31. The molecule has 0 bridgehead atoms. The molecule has 0 radical (unpaired) electrons. The Morgan fingerprint density at radius 3 is 2.20 bits per heavy atom. The SMILES string of the molecule is CCC(CC)(C(NN)c1c(F)ccc(C)c1F)N(C)C. The largest absolute Gasteiger partial charge is 0.302 e. The number of hydrogen-bond donors (Lipinski definition) is 2. The average molecular weight is 285 g/mol. The van der Waals surface area contributed by atoms with Gasteiger partial charge < -0.3 is 4.90 Å². The number of nitrogens with two attached hydrogens (primary N) is 1. The summed E-state index contributed by atoms with van der Waals surface area (Å²) in [4.78, 5) is 1.98. The smallest absolute Gasteiger partial charge is 0.133 e. The number of halogens is 2. The number of likely N-dealkylation sites (N-methyl/N-ethyl adjacent to an activating group) is 1. The second-order valence-corrected chi connectivity index (χ2v) is 5.40. The minimum absolute atomic E-state index is 0.0184. The van der Waals surface area contributed by atoms with Crippen molar-refractivity contribution < 1.29 is 8.78 Å². The Bertz CT molecular complexity index is 457. The van der Waals surface area contributed by atoms with E-state index in [-0.39, 0.29) is 5.56 Å². The molecule has 0 aliphatic carbocycles. The number of benzene rings is 1. The number of hydrogen-bond acceptors (Lipinski definition) is 3. The highest BCUT2D eigenvalue weighted by Gasteiger charge is 2.41. The van der Waals surface area contributed by atoms with E-state index in [2.05, 4.69) is 5.43 Å². The standard InChI is InChI=1S/C15H25F2N3/c1-6-15(7-2,20(4)5)14(19-18)12-11(16)9-8-10(3)13(12)17/h8-9,14,19H,6-7,18H2,1-5H3. The summed E-state index contributed by atoms with van der Waals surface area (Å²) in [6.45, 7) is 5.62. The quantitative estimate of drug-likeness (QED) is 0.624. The first-order chi connectivity index (χ1) is 9.35. The summed E-state index contributed by atoms with van der Waals surface area (Å²) in [7, 11) is 3.81. The molecule has 1 aromatic rings. The van der Waals surface area contributed by atoms with Gasteiger partial charge in [0.05, 0.1) is 6.04 Å². The van der Waals surface area contributed by atoms with Gasteiger partial charge in [-0.3, -0.25) is 11.3 Å². The first-order valence-electron chi connectivity index (χ1n) is 6.93. The molecule has 0 heterocycles. The second kappa shape index (κ2) is 6.61. The molecule has 0 aliphatic heterocycles. The third-order valence-electron chi connectivity index (χ3n) is 4.43. The molecule has 3 N–H and O–H groups in total. The monoisotopic (exact) mass is 285 g/mol. The Balaban J connectivity index is 3.50. The van der Waals surface area contributed by atoms with Crippen LogP contribution in [0.3, 0.4) is 0 Å². The zero-order chi connectivity index (χ0) is 15.5. The molecule has 1 aromatic carbocycles. The Morgan fingerprint density at radius 2 is 1.80 bits per heavy atom. The predicted octanol–water partition coefficient (Wildman–Crippen LogP) is 2.90. The third kappa shape index (κ3) is 2.71. The van der Waals surface area contributed by atoms with Crippen molar-refractivity contribution in [2.45, 2.75) is 45.2 Å². The summed E-state index contributed by atoms with van der Waals surface area (Å²) in [5, 5.41) is 0. The van der Waals surface area contributed by atoms with Crippen LogP contribution in [0.2, 0.25) is 0 Å². The van der Waals surface area contributed by atoms with Gasteiger partial charge in [-0.25, -0.2) is 8.78 Å². The molecule has 3 nitrogen and oxygen atoms in total. The molecule has 0 saturated carbocycles. The molecule has 0 amide bonds. The van der Waals surface area contributed by atoms with E-state index >= 15 is 0 Å². The number of nitrogens with one attached hydrogen (secondary N) is 1. The average Bonchev–Trinajstić information content (AvgIpc) is 2.42. The van der Waals surface area contributed by atoms with Gasteiger partial charge in [-0.2, -0.15) is 0 Å². The van der Waals surface area contributed by atoms with Gasteiger partial charge in [-0.15, -0.1) is 0 Å². The molecule has 1 atom stereocenters. The molecular weight excluding hydrogens is 260 g/mol. The van der Waals surface area contributed by atoms with Gasteiger partial charge in [0.15, 0.2) is 0 Å². The van der Waals surface area contributed by atoms with Gasteiger partial charge in [-0.1, -0.05) is 19.9 Å². The minimum atomic E-state index is -0.618. The Labute approximate surface area is 120 Å². The Hall–Kier alpha value is -1.04. The van der Waals surface area contributed by atoms with E-state index < -0.39 is 23.2 Å². The van der Waals surface area contributed by atoms with Gasteiger partial charge in [0.1, 0.15) is 11.6 Å². The molecule has 0 saturated heterocycles. The maximum absolute atomic E-state index is 14.4. The summed E-state index contributed by atoms with van der Waals surface area (Å²) in [5.41, 5.74) is 2.61. The number of hydrazine groups is 1. The Kier molecular flexibility index (Phi) is 5.62. The maximum Gasteiger partial charge on any atom is 0.133 e. The molecule has 1 rings (SSSR count). The van der Waals surface area contributed by atoms with Gasteiger partial charge in [0.2, 0.25) is 0 Å². The highest BCUT2D eigenvalue weighted by atomic mass is 19.1. The van der Waals surface area contributed by atoms with Crippen molar-refractivity contribution in [1.82, 2.24) is 10.3 Å². The van der Waals surface area contributed by atoms with Crippen molar-refractivity contribution in [2.75, 3.05) is 14.1 Å². The maximum atomic E-state index is 14.4. The molecule has 1 unspecified atom stereocenters. The number of aryl methyl sites for hydroxylation is 1. The Morgan fingerprint density at radius 1 is 1.25 bits per heavy atom. The van der Waals surface area contributed by atoms with Crippen LogP contribution in [0.4, 0.5) is 8.78 Å².